The maximum Gasteiger partial charge on any atom is 0.0992 e. The summed E-state index contributed by atoms with van der Waals surface area (Å²) in [7, 11) is 0. The molecule has 0 aliphatic carbocycles. The molecule has 3 aromatic carbocycles. The second-order valence-electron chi connectivity index (χ2n) is 4.73. The molecule has 2 heteroatoms. The minimum atomic E-state index is 0.663. The Balaban J connectivity index is 2.26. The molecule has 0 heterocycles. The topological polar surface area (TPSA) is 23.8 Å². The normalized spacial score (nSPS) is 10.1. The molecule has 0 spiro atoms. The Morgan fingerprint density at radius 3 is 1.52 bits per heavy atom. The highest BCUT2D eigenvalue weighted by Crippen LogP contribution is 2.37. The minimum Gasteiger partial charge on any atom is -0.192 e. The Bertz CT molecular complexity index is 741. The minimum absolute atomic E-state index is 0.663. The van der Waals surface area contributed by atoms with E-state index in [1.165, 1.54) is 0 Å². The van der Waals surface area contributed by atoms with Gasteiger partial charge in [0.05, 0.1) is 11.6 Å². The fraction of sp³-hybridized carbons (Fsp3) is 0. The highest BCUT2D eigenvalue weighted by molar-refractivity contribution is 9.10. The SMILES string of the molecule is N#Cc1cc(-c2ccccc2)c(Br)c(-c2ccccc2)c1. The lowest BCUT2D eigenvalue weighted by Crippen LogP contribution is -1.88. The van der Waals surface area contributed by atoms with E-state index in [1.54, 1.807) is 0 Å². The average molecular weight is 334 g/mol. The van der Waals surface area contributed by atoms with Gasteiger partial charge in [-0.15, -0.1) is 0 Å². The van der Waals surface area contributed by atoms with Crippen LogP contribution in [-0.4, -0.2) is 0 Å². The predicted octanol–water partition coefficient (Wildman–Crippen LogP) is 5.65. The Morgan fingerprint density at radius 1 is 0.714 bits per heavy atom. The Labute approximate surface area is 132 Å². The van der Waals surface area contributed by atoms with Crippen molar-refractivity contribution in [1.29, 1.82) is 5.26 Å². The van der Waals surface area contributed by atoms with Crippen molar-refractivity contribution in [1.82, 2.24) is 0 Å². The van der Waals surface area contributed by atoms with Crippen molar-refractivity contribution in [2.75, 3.05) is 0 Å². The highest BCUT2D eigenvalue weighted by atomic mass is 79.9. The molecule has 1 nitrogen and oxygen atoms in total. The summed E-state index contributed by atoms with van der Waals surface area (Å²) in [6, 6.07) is 26.3. The highest BCUT2D eigenvalue weighted by Gasteiger charge is 2.11. The van der Waals surface area contributed by atoms with Crippen LogP contribution in [0.4, 0.5) is 0 Å². The number of hydrogen-bond acceptors (Lipinski definition) is 1. The van der Waals surface area contributed by atoms with Crippen molar-refractivity contribution in [3.8, 4) is 28.3 Å². The van der Waals surface area contributed by atoms with Crippen molar-refractivity contribution in [2.45, 2.75) is 0 Å². The van der Waals surface area contributed by atoms with Crippen LogP contribution < -0.4 is 0 Å². The maximum absolute atomic E-state index is 9.31. The number of halogens is 1. The zero-order valence-electron chi connectivity index (χ0n) is 11.3. The van der Waals surface area contributed by atoms with Crippen LogP contribution in [0.5, 0.6) is 0 Å². The molecule has 0 aromatic heterocycles. The van der Waals surface area contributed by atoms with Gasteiger partial charge in [-0.25, -0.2) is 0 Å². The van der Waals surface area contributed by atoms with Crippen LogP contribution in [0.3, 0.4) is 0 Å². The van der Waals surface area contributed by atoms with Gasteiger partial charge in [-0.1, -0.05) is 60.7 Å². The molecule has 21 heavy (non-hydrogen) atoms. The first kappa shape index (κ1) is 13.6. The summed E-state index contributed by atoms with van der Waals surface area (Å²) >= 11 is 3.71. The molecule has 0 aliphatic rings. The Kier molecular flexibility index (Phi) is 3.85. The van der Waals surface area contributed by atoms with Gasteiger partial charge in [-0.3, -0.25) is 0 Å². The number of nitrogens with zero attached hydrogens (tertiary/aromatic N) is 1. The molecule has 0 atom stereocenters. The third-order valence-corrected chi connectivity index (χ3v) is 4.23. The summed E-state index contributed by atoms with van der Waals surface area (Å²) in [5, 5.41) is 9.31. The third-order valence-electron chi connectivity index (χ3n) is 3.37. The van der Waals surface area contributed by atoms with E-state index < -0.39 is 0 Å². The van der Waals surface area contributed by atoms with Crippen molar-refractivity contribution < 1.29 is 0 Å². The van der Waals surface area contributed by atoms with E-state index in [1.807, 2.05) is 48.5 Å². The standard InChI is InChI=1S/C19H12BrN/c20-19-17(15-7-3-1-4-8-15)11-14(13-21)12-18(19)16-9-5-2-6-10-16/h1-12H. The summed E-state index contributed by atoms with van der Waals surface area (Å²) < 4.78 is 1.01. The van der Waals surface area contributed by atoms with E-state index in [-0.39, 0.29) is 0 Å². The third kappa shape index (κ3) is 2.74. The van der Waals surface area contributed by atoms with Crippen LogP contribution in [0.25, 0.3) is 22.3 Å². The summed E-state index contributed by atoms with van der Waals surface area (Å²) in [5.41, 5.74) is 4.93. The molecule has 100 valence electrons. The van der Waals surface area contributed by atoms with Crippen molar-refractivity contribution in [3.63, 3.8) is 0 Å². The van der Waals surface area contributed by atoms with Crippen LogP contribution in [-0.2, 0) is 0 Å². The van der Waals surface area contributed by atoms with Crippen LogP contribution >= 0.6 is 15.9 Å². The van der Waals surface area contributed by atoms with E-state index in [9.17, 15) is 5.26 Å². The fourth-order valence-corrected chi connectivity index (χ4v) is 3.03. The number of rotatable bonds is 2. The predicted molar refractivity (Wildman–Crippen MR) is 89.7 cm³/mol. The monoisotopic (exact) mass is 333 g/mol. The molecule has 0 aliphatic heterocycles. The van der Waals surface area contributed by atoms with Gasteiger partial charge in [0.2, 0.25) is 0 Å². The molecule has 0 saturated heterocycles. The van der Waals surface area contributed by atoms with Gasteiger partial charge in [-0.05, 0) is 50.3 Å². The van der Waals surface area contributed by atoms with Gasteiger partial charge >= 0.3 is 0 Å². The average Bonchev–Trinajstić information content (AvgIpc) is 2.57. The molecule has 0 saturated carbocycles. The van der Waals surface area contributed by atoms with Gasteiger partial charge in [0, 0.05) is 4.47 Å². The van der Waals surface area contributed by atoms with Crippen LogP contribution in [0, 0.1) is 11.3 Å². The zero-order valence-corrected chi connectivity index (χ0v) is 12.8. The van der Waals surface area contributed by atoms with Gasteiger partial charge in [0.1, 0.15) is 0 Å². The van der Waals surface area contributed by atoms with E-state index in [0.29, 0.717) is 5.56 Å². The first-order valence-electron chi connectivity index (χ1n) is 6.64. The summed E-state index contributed by atoms with van der Waals surface area (Å²) in [6.07, 6.45) is 0. The lowest BCUT2D eigenvalue weighted by Gasteiger charge is -2.11. The fourth-order valence-electron chi connectivity index (χ4n) is 2.34. The largest absolute Gasteiger partial charge is 0.192 e. The maximum atomic E-state index is 9.31. The summed E-state index contributed by atoms with van der Waals surface area (Å²) in [4.78, 5) is 0. The van der Waals surface area contributed by atoms with E-state index in [4.69, 9.17) is 0 Å². The first-order valence-corrected chi connectivity index (χ1v) is 7.43. The molecule has 0 N–H and O–H groups in total. The molecule has 0 radical (unpaired) electrons. The van der Waals surface area contributed by atoms with Crippen molar-refractivity contribution in [3.05, 3.63) is 82.8 Å². The second-order valence-corrected chi connectivity index (χ2v) is 5.52. The van der Waals surface area contributed by atoms with E-state index >= 15 is 0 Å². The molecule has 3 rings (SSSR count). The molecule has 0 fully saturated rings. The Morgan fingerprint density at radius 2 is 1.14 bits per heavy atom. The molecule has 0 bridgehead atoms. The first-order chi connectivity index (χ1) is 10.3. The van der Waals surface area contributed by atoms with E-state index in [0.717, 1.165) is 26.7 Å². The molecule has 0 unspecified atom stereocenters. The van der Waals surface area contributed by atoms with Crippen molar-refractivity contribution >= 4 is 15.9 Å². The zero-order chi connectivity index (χ0) is 14.7. The smallest absolute Gasteiger partial charge is 0.0992 e. The molecular formula is C19H12BrN. The van der Waals surface area contributed by atoms with Gasteiger partial charge in [-0.2, -0.15) is 5.26 Å². The van der Waals surface area contributed by atoms with Gasteiger partial charge < -0.3 is 0 Å². The molecular weight excluding hydrogens is 322 g/mol. The van der Waals surface area contributed by atoms with E-state index in [2.05, 4.69) is 46.3 Å². The summed E-state index contributed by atoms with van der Waals surface area (Å²) in [5.74, 6) is 0. The number of hydrogen-bond donors (Lipinski definition) is 0. The van der Waals surface area contributed by atoms with Crippen molar-refractivity contribution in [2.24, 2.45) is 0 Å². The lowest BCUT2D eigenvalue weighted by atomic mass is 9.96. The summed E-state index contributed by atoms with van der Waals surface area (Å²) in [6.45, 7) is 0. The van der Waals surface area contributed by atoms with Crippen LogP contribution in [0.15, 0.2) is 77.3 Å². The molecule has 3 aromatic rings. The van der Waals surface area contributed by atoms with Gasteiger partial charge in [0.25, 0.3) is 0 Å². The van der Waals surface area contributed by atoms with Crippen LogP contribution in [0.1, 0.15) is 5.56 Å². The lowest BCUT2D eigenvalue weighted by molar-refractivity contribution is 1.47. The Hall–Kier alpha value is -2.37. The van der Waals surface area contributed by atoms with Crippen LogP contribution in [0.2, 0.25) is 0 Å². The number of benzene rings is 3. The molecule has 0 amide bonds. The number of nitriles is 1. The second kappa shape index (κ2) is 5.95. The quantitative estimate of drug-likeness (QED) is 0.594. The van der Waals surface area contributed by atoms with Gasteiger partial charge in [0.15, 0.2) is 0 Å².